The predicted octanol–water partition coefficient (Wildman–Crippen LogP) is 4.74. The van der Waals surface area contributed by atoms with Crippen LogP contribution in [0.3, 0.4) is 0 Å². The van der Waals surface area contributed by atoms with Gasteiger partial charge in [-0.25, -0.2) is 4.79 Å². The zero-order valence-electron chi connectivity index (χ0n) is 15.8. The second-order valence-electron chi connectivity index (χ2n) is 6.71. The Morgan fingerprint density at radius 1 is 1.07 bits per heavy atom. The molecule has 0 amide bonds. The molecule has 1 aliphatic rings. The topological polar surface area (TPSA) is 95.7 Å². The molecule has 0 N–H and O–H groups in total. The molecule has 3 aromatic rings. The average molecular weight is 401 g/mol. The minimum Gasteiger partial charge on any atom is -0.452 e. The van der Waals surface area contributed by atoms with E-state index in [0.29, 0.717) is 11.3 Å². The minimum absolute atomic E-state index is 0.121. The number of rotatable bonds is 4. The highest BCUT2D eigenvalue weighted by Gasteiger charge is 2.28. The zero-order valence-corrected chi connectivity index (χ0v) is 15.8. The Kier molecular flexibility index (Phi) is 4.85. The normalized spacial score (nSPS) is 13.6. The van der Waals surface area contributed by atoms with E-state index >= 15 is 0 Å². The summed E-state index contributed by atoms with van der Waals surface area (Å²) >= 11 is 0. The summed E-state index contributed by atoms with van der Waals surface area (Å²) in [7, 11) is 0. The van der Waals surface area contributed by atoms with Gasteiger partial charge in [0, 0.05) is 18.2 Å². The van der Waals surface area contributed by atoms with Crippen LogP contribution in [0.25, 0.3) is 6.08 Å². The molecule has 30 heavy (non-hydrogen) atoms. The molecule has 0 spiro atoms. The van der Waals surface area contributed by atoms with E-state index in [9.17, 15) is 19.7 Å². The number of benzene rings is 3. The van der Waals surface area contributed by atoms with Crippen molar-refractivity contribution in [1.29, 1.82) is 0 Å². The van der Waals surface area contributed by atoms with Crippen LogP contribution in [0.15, 0.2) is 72.5 Å². The van der Waals surface area contributed by atoms with Crippen molar-refractivity contribution in [3.63, 3.8) is 0 Å². The Hall–Kier alpha value is -4.26. The fourth-order valence-corrected chi connectivity index (χ4v) is 3.03. The number of esters is 1. The van der Waals surface area contributed by atoms with Crippen LogP contribution in [0.2, 0.25) is 0 Å². The number of hydrogen-bond donors (Lipinski definition) is 0. The van der Waals surface area contributed by atoms with Gasteiger partial charge in [-0.15, -0.1) is 0 Å². The molecule has 4 rings (SSSR count). The molecule has 1 heterocycles. The Balaban J connectivity index is 1.52. The quantitative estimate of drug-likeness (QED) is 0.206. The van der Waals surface area contributed by atoms with Gasteiger partial charge in [0.05, 0.1) is 16.1 Å². The monoisotopic (exact) mass is 401 g/mol. The first-order valence-corrected chi connectivity index (χ1v) is 9.02. The van der Waals surface area contributed by atoms with Crippen molar-refractivity contribution in [3.8, 4) is 11.5 Å². The van der Waals surface area contributed by atoms with E-state index < -0.39 is 10.9 Å². The first-order chi connectivity index (χ1) is 14.4. The van der Waals surface area contributed by atoms with Crippen molar-refractivity contribution in [2.24, 2.45) is 0 Å². The number of carbonyl (C=O) groups is 2. The fourth-order valence-electron chi connectivity index (χ4n) is 3.03. The molecular weight excluding hydrogens is 386 g/mol. The SMILES string of the molecule is Cc1cccc(/C=C2\Oc3cc(OC(=O)c4ccc([N+](=O)[O-])cc4)ccc3C2=O)c1. The number of fused-ring (bicyclic) bond motifs is 1. The summed E-state index contributed by atoms with van der Waals surface area (Å²) in [5.74, 6) is -0.242. The molecule has 0 aromatic heterocycles. The van der Waals surface area contributed by atoms with Gasteiger partial charge in [-0.05, 0) is 42.8 Å². The number of non-ortho nitro benzene ring substituents is 1. The van der Waals surface area contributed by atoms with Crippen molar-refractivity contribution in [2.45, 2.75) is 6.92 Å². The lowest BCUT2D eigenvalue weighted by molar-refractivity contribution is -0.384. The third-order valence-electron chi connectivity index (χ3n) is 4.51. The Morgan fingerprint density at radius 3 is 2.53 bits per heavy atom. The van der Waals surface area contributed by atoms with Gasteiger partial charge in [-0.3, -0.25) is 14.9 Å². The van der Waals surface area contributed by atoms with E-state index in [4.69, 9.17) is 9.47 Å². The van der Waals surface area contributed by atoms with E-state index in [-0.39, 0.29) is 28.5 Å². The van der Waals surface area contributed by atoms with Crippen molar-refractivity contribution in [3.05, 3.63) is 105 Å². The van der Waals surface area contributed by atoms with E-state index in [1.807, 2.05) is 31.2 Å². The molecule has 7 heteroatoms. The standard InChI is InChI=1S/C23H15NO6/c1-14-3-2-4-15(11-14)12-21-22(25)19-10-9-18(13-20(19)30-21)29-23(26)16-5-7-17(8-6-16)24(27)28/h2-13H,1H3/b21-12-. The molecule has 0 saturated heterocycles. The largest absolute Gasteiger partial charge is 0.452 e. The average Bonchev–Trinajstić information content (AvgIpc) is 3.03. The van der Waals surface area contributed by atoms with Crippen LogP contribution in [0.4, 0.5) is 5.69 Å². The molecule has 0 saturated carbocycles. The molecule has 0 unspecified atom stereocenters. The molecule has 0 aliphatic carbocycles. The van der Waals surface area contributed by atoms with Crippen molar-refractivity contribution in [2.75, 3.05) is 0 Å². The number of ketones is 1. The van der Waals surface area contributed by atoms with Crippen molar-refractivity contribution in [1.82, 2.24) is 0 Å². The third kappa shape index (κ3) is 3.81. The summed E-state index contributed by atoms with van der Waals surface area (Å²) < 4.78 is 11.0. The van der Waals surface area contributed by atoms with Crippen LogP contribution in [0.5, 0.6) is 11.5 Å². The number of aryl methyl sites for hydroxylation is 1. The zero-order chi connectivity index (χ0) is 21.3. The maximum Gasteiger partial charge on any atom is 0.343 e. The maximum atomic E-state index is 12.6. The van der Waals surface area contributed by atoms with Gasteiger partial charge in [0.1, 0.15) is 11.5 Å². The molecule has 0 fully saturated rings. The van der Waals surface area contributed by atoms with Gasteiger partial charge in [-0.1, -0.05) is 29.8 Å². The van der Waals surface area contributed by atoms with Crippen LogP contribution in [0.1, 0.15) is 31.8 Å². The van der Waals surface area contributed by atoms with Gasteiger partial charge in [0.25, 0.3) is 5.69 Å². The summed E-state index contributed by atoms with van der Waals surface area (Å²) in [6, 6.07) is 17.2. The maximum absolute atomic E-state index is 12.6. The van der Waals surface area contributed by atoms with Crippen molar-refractivity contribution >= 4 is 23.5 Å². The second kappa shape index (κ2) is 7.63. The number of nitro groups is 1. The van der Waals surface area contributed by atoms with E-state index in [0.717, 1.165) is 11.1 Å². The van der Waals surface area contributed by atoms with Gasteiger partial charge < -0.3 is 9.47 Å². The van der Waals surface area contributed by atoms with E-state index in [1.54, 1.807) is 6.08 Å². The molecular formula is C23H15NO6. The number of allylic oxidation sites excluding steroid dienone is 1. The van der Waals surface area contributed by atoms with E-state index in [1.165, 1.54) is 42.5 Å². The smallest absolute Gasteiger partial charge is 0.343 e. The van der Waals surface area contributed by atoms with E-state index in [2.05, 4.69) is 0 Å². The molecule has 3 aromatic carbocycles. The molecule has 0 bridgehead atoms. The van der Waals surface area contributed by atoms with Crippen LogP contribution in [0, 0.1) is 17.0 Å². The van der Waals surface area contributed by atoms with Crippen LogP contribution >= 0.6 is 0 Å². The Labute approximate surface area is 171 Å². The number of ether oxygens (including phenoxy) is 2. The summed E-state index contributed by atoms with van der Waals surface area (Å²) in [5.41, 5.74) is 2.33. The van der Waals surface area contributed by atoms with Gasteiger partial charge in [0.2, 0.25) is 5.78 Å². The summed E-state index contributed by atoms with van der Waals surface area (Å²) in [6.07, 6.45) is 1.66. The fraction of sp³-hybridized carbons (Fsp3) is 0.0435. The molecule has 0 radical (unpaired) electrons. The third-order valence-corrected chi connectivity index (χ3v) is 4.51. The molecule has 0 atom stereocenters. The first-order valence-electron chi connectivity index (χ1n) is 9.02. The number of nitro benzene ring substituents is 1. The lowest BCUT2D eigenvalue weighted by Crippen LogP contribution is -2.08. The van der Waals surface area contributed by atoms with Crippen molar-refractivity contribution < 1.29 is 24.0 Å². The molecule has 7 nitrogen and oxygen atoms in total. The summed E-state index contributed by atoms with van der Waals surface area (Å²) in [6.45, 7) is 1.96. The van der Waals surface area contributed by atoms with Gasteiger partial charge in [0.15, 0.2) is 5.76 Å². The highest BCUT2D eigenvalue weighted by atomic mass is 16.6. The second-order valence-corrected chi connectivity index (χ2v) is 6.71. The lowest BCUT2D eigenvalue weighted by atomic mass is 10.1. The predicted molar refractivity (Wildman–Crippen MR) is 109 cm³/mol. The highest BCUT2D eigenvalue weighted by molar-refractivity contribution is 6.14. The number of hydrogen-bond acceptors (Lipinski definition) is 6. The number of Topliss-reactive ketones (excluding diaryl/α,β-unsaturated/α-hetero) is 1. The molecule has 1 aliphatic heterocycles. The van der Waals surface area contributed by atoms with Crippen LogP contribution in [-0.4, -0.2) is 16.7 Å². The Bertz CT molecular complexity index is 1210. The highest BCUT2D eigenvalue weighted by Crippen LogP contribution is 2.35. The Morgan fingerprint density at radius 2 is 1.83 bits per heavy atom. The van der Waals surface area contributed by atoms with Crippen LogP contribution < -0.4 is 9.47 Å². The summed E-state index contributed by atoms with van der Waals surface area (Å²) in [4.78, 5) is 35.0. The summed E-state index contributed by atoms with van der Waals surface area (Å²) in [5, 5.41) is 10.7. The van der Waals surface area contributed by atoms with Crippen LogP contribution in [-0.2, 0) is 0 Å². The lowest BCUT2D eigenvalue weighted by Gasteiger charge is -2.05. The molecule has 148 valence electrons. The van der Waals surface area contributed by atoms with Gasteiger partial charge in [-0.2, -0.15) is 0 Å². The number of carbonyl (C=O) groups excluding carboxylic acids is 2. The minimum atomic E-state index is -0.676. The first kappa shape index (κ1) is 19.1. The number of nitrogens with zero attached hydrogens (tertiary/aromatic N) is 1. The van der Waals surface area contributed by atoms with Gasteiger partial charge >= 0.3 is 5.97 Å².